The van der Waals surface area contributed by atoms with Gasteiger partial charge < -0.3 is 9.84 Å². The maximum absolute atomic E-state index is 14.4. The average Bonchev–Trinajstić information content (AvgIpc) is 3.37. The number of fused-ring (bicyclic) bond motifs is 4. The van der Waals surface area contributed by atoms with Crippen molar-refractivity contribution in [3.8, 4) is 11.5 Å². The summed E-state index contributed by atoms with van der Waals surface area (Å²) in [5, 5.41) is 10.8. The summed E-state index contributed by atoms with van der Waals surface area (Å²) < 4.78 is 6.27. The van der Waals surface area contributed by atoms with Crippen LogP contribution in [-0.4, -0.2) is 35.8 Å². The van der Waals surface area contributed by atoms with E-state index in [1.807, 2.05) is 37.3 Å². The van der Waals surface area contributed by atoms with Gasteiger partial charge in [-0.2, -0.15) is 0 Å². The minimum atomic E-state index is -1.18. The molecule has 4 aliphatic rings. The van der Waals surface area contributed by atoms with Gasteiger partial charge in [-0.25, -0.2) is 4.90 Å². The monoisotopic (exact) mass is 688 g/mol. The lowest BCUT2D eigenvalue weighted by Crippen LogP contribution is -2.48. The number of phenolic OH excluding ortho intramolecular Hbond substituents is 1. The first-order valence-electron chi connectivity index (χ1n) is 14.3. The van der Waals surface area contributed by atoms with E-state index in [-0.39, 0.29) is 35.8 Å². The zero-order valence-corrected chi connectivity index (χ0v) is 25.7. The number of phenols is 1. The molecule has 2 saturated heterocycles. The predicted molar refractivity (Wildman–Crippen MR) is 167 cm³/mol. The Hall–Kier alpha value is -3.99. The van der Waals surface area contributed by atoms with Gasteiger partial charge in [-0.05, 0) is 102 Å². The smallest absolute Gasteiger partial charge is 0.241 e. The third-order valence-corrected chi connectivity index (χ3v) is 10.6. The standard InChI is InChI=1S/C34H29IN2O6/c1-34-25(31(40)37(33(34)42)20-6-4-3-5-7-20)17-24-22(29(34)18-8-15-27(43-2)26(38)16-18)13-14-23-28(24)32(41)36(30(23)39)21-11-9-19(35)10-12-21/h3-13,15-16,23-25,28-29,38H,14,17H2,1-2H3/t23-,24+,25-,28-,29-,34+/m0/s1. The largest absolute Gasteiger partial charge is 0.504 e. The van der Waals surface area contributed by atoms with Crippen molar-refractivity contribution in [3.05, 3.63) is 93.6 Å². The number of para-hydroxylation sites is 1. The van der Waals surface area contributed by atoms with Crippen molar-refractivity contribution in [2.45, 2.75) is 25.7 Å². The number of hydrogen-bond acceptors (Lipinski definition) is 6. The molecule has 2 heterocycles. The lowest BCUT2D eigenvalue weighted by atomic mass is 9.51. The molecule has 8 nitrogen and oxygen atoms in total. The Morgan fingerprint density at radius 3 is 2.23 bits per heavy atom. The number of hydrogen-bond donors (Lipinski definition) is 1. The fraction of sp³-hybridized carbons (Fsp3) is 0.294. The summed E-state index contributed by atoms with van der Waals surface area (Å²) >= 11 is 2.18. The summed E-state index contributed by atoms with van der Waals surface area (Å²) in [5.74, 6) is -3.89. The van der Waals surface area contributed by atoms with Gasteiger partial charge in [0.15, 0.2) is 11.5 Å². The van der Waals surface area contributed by atoms with E-state index in [1.165, 1.54) is 16.9 Å². The molecule has 1 N–H and O–H groups in total. The van der Waals surface area contributed by atoms with E-state index < -0.39 is 35.0 Å². The number of rotatable bonds is 4. The second kappa shape index (κ2) is 10.0. The van der Waals surface area contributed by atoms with Gasteiger partial charge in [-0.15, -0.1) is 0 Å². The summed E-state index contributed by atoms with van der Waals surface area (Å²) in [6, 6.07) is 21.2. The maximum Gasteiger partial charge on any atom is 0.241 e. The third-order valence-electron chi connectivity index (χ3n) is 9.91. The molecule has 0 unspecified atom stereocenters. The molecule has 0 radical (unpaired) electrons. The summed E-state index contributed by atoms with van der Waals surface area (Å²) in [7, 11) is 1.46. The van der Waals surface area contributed by atoms with E-state index in [0.29, 0.717) is 29.1 Å². The van der Waals surface area contributed by atoms with Crippen molar-refractivity contribution in [1.82, 2.24) is 0 Å². The lowest BCUT2D eigenvalue weighted by Gasteiger charge is -2.49. The quantitative estimate of drug-likeness (QED) is 0.223. The maximum atomic E-state index is 14.4. The Labute approximate surface area is 262 Å². The number of nitrogens with zero attached hydrogens (tertiary/aromatic N) is 2. The van der Waals surface area contributed by atoms with Gasteiger partial charge in [0.25, 0.3) is 0 Å². The molecule has 0 bridgehead atoms. The van der Waals surface area contributed by atoms with Crippen LogP contribution in [0, 0.1) is 32.7 Å². The Morgan fingerprint density at radius 2 is 1.56 bits per heavy atom. The first kappa shape index (κ1) is 27.8. The molecule has 43 heavy (non-hydrogen) atoms. The number of anilines is 2. The highest BCUT2D eigenvalue weighted by atomic mass is 127. The molecule has 3 aromatic carbocycles. The van der Waals surface area contributed by atoms with E-state index >= 15 is 0 Å². The highest BCUT2D eigenvalue weighted by molar-refractivity contribution is 14.1. The second-order valence-electron chi connectivity index (χ2n) is 11.9. The minimum Gasteiger partial charge on any atom is -0.504 e. The zero-order chi connectivity index (χ0) is 30.2. The van der Waals surface area contributed by atoms with Crippen molar-refractivity contribution >= 4 is 57.6 Å². The fourth-order valence-electron chi connectivity index (χ4n) is 7.95. The van der Waals surface area contributed by atoms with Gasteiger partial charge in [0.2, 0.25) is 23.6 Å². The number of methoxy groups -OCH3 is 1. The van der Waals surface area contributed by atoms with E-state index in [1.54, 1.807) is 48.5 Å². The normalized spacial score (nSPS) is 29.7. The third kappa shape index (κ3) is 3.93. The van der Waals surface area contributed by atoms with Gasteiger partial charge in [0.1, 0.15) is 0 Å². The highest BCUT2D eigenvalue weighted by Crippen LogP contribution is 2.64. The number of aromatic hydroxyl groups is 1. The number of carbonyl (C=O) groups excluding carboxylic acids is 4. The van der Waals surface area contributed by atoms with Crippen LogP contribution in [0.1, 0.15) is 31.2 Å². The van der Waals surface area contributed by atoms with Crippen molar-refractivity contribution in [3.63, 3.8) is 0 Å². The Balaban J connectivity index is 1.37. The molecule has 6 atom stereocenters. The number of allylic oxidation sites excluding steroid dienone is 2. The number of halogens is 1. The van der Waals surface area contributed by atoms with Gasteiger partial charge in [0, 0.05) is 9.49 Å². The molecule has 2 aliphatic heterocycles. The molecule has 0 spiro atoms. The SMILES string of the molecule is COc1ccc([C@H]2C3=CC[C@@H]4C(=O)N(c5ccc(I)cc5)C(=O)[C@@H]4[C@@H]3C[C@H]3C(=O)N(c4ccccc4)C(=O)[C@@]23C)cc1O. The Morgan fingerprint density at radius 1 is 0.860 bits per heavy atom. The predicted octanol–water partition coefficient (Wildman–Crippen LogP) is 5.44. The zero-order valence-electron chi connectivity index (χ0n) is 23.6. The number of carbonyl (C=O) groups is 4. The van der Waals surface area contributed by atoms with E-state index in [9.17, 15) is 24.3 Å². The van der Waals surface area contributed by atoms with Crippen LogP contribution in [0.3, 0.4) is 0 Å². The van der Waals surface area contributed by atoms with Crippen molar-refractivity contribution in [1.29, 1.82) is 0 Å². The topological polar surface area (TPSA) is 104 Å². The molecule has 0 aromatic heterocycles. The molecule has 3 fully saturated rings. The molecule has 9 heteroatoms. The number of imide groups is 2. The van der Waals surface area contributed by atoms with Gasteiger partial charge in [-0.1, -0.05) is 35.9 Å². The van der Waals surface area contributed by atoms with Gasteiger partial charge >= 0.3 is 0 Å². The lowest BCUT2D eigenvalue weighted by molar-refractivity contribution is -0.131. The van der Waals surface area contributed by atoms with E-state index in [2.05, 4.69) is 22.6 Å². The van der Waals surface area contributed by atoms with Crippen LogP contribution in [0.15, 0.2) is 84.4 Å². The van der Waals surface area contributed by atoms with Crippen LogP contribution >= 0.6 is 22.6 Å². The molecule has 2 aliphatic carbocycles. The molecule has 1 saturated carbocycles. The first-order chi connectivity index (χ1) is 20.7. The van der Waals surface area contributed by atoms with Crippen LogP contribution in [-0.2, 0) is 19.2 Å². The summed E-state index contributed by atoms with van der Waals surface area (Å²) in [4.78, 5) is 59.0. The number of ether oxygens (including phenoxy) is 1. The van der Waals surface area contributed by atoms with E-state index in [0.717, 1.165) is 9.14 Å². The molecular weight excluding hydrogens is 659 g/mol. The first-order valence-corrected chi connectivity index (χ1v) is 15.4. The number of benzene rings is 3. The second-order valence-corrected chi connectivity index (χ2v) is 13.2. The molecule has 218 valence electrons. The molecular formula is C34H29IN2O6. The summed E-state index contributed by atoms with van der Waals surface area (Å²) in [6.45, 7) is 1.83. The van der Waals surface area contributed by atoms with Crippen molar-refractivity contribution in [2.75, 3.05) is 16.9 Å². The van der Waals surface area contributed by atoms with Gasteiger partial charge in [0.05, 0.1) is 41.7 Å². The van der Waals surface area contributed by atoms with Crippen LogP contribution in [0.5, 0.6) is 11.5 Å². The van der Waals surface area contributed by atoms with Crippen molar-refractivity contribution < 1.29 is 29.0 Å². The highest BCUT2D eigenvalue weighted by Gasteiger charge is 2.67. The molecule has 4 amide bonds. The summed E-state index contributed by atoms with van der Waals surface area (Å²) in [5.41, 5.74) is 1.38. The summed E-state index contributed by atoms with van der Waals surface area (Å²) in [6.07, 6.45) is 2.63. The van der Waals surface area contributed by atoms with Gasteiger partial charge in [-0.3, -0.25) is 24.1 Å². The Kier molecular flexibility index (Phi) is 6.50. The average molecular weight is 689 g/mol. The minimum absolute atomic E-state index is 0.0785. The molecule has 3 aromatic rings. The van der Waals surface area contributed by atoms with Crippen LogP contribution in [0.25, 0.3) is 0 Å². The van der Waals surface area contributed by atoms with Crippen LogP contribution in [0.4, 0.5) is 11.4 Å². The Bertz CT molecular complexity index is 1720. The number of amides is 4. The molecule has 7 rings (SSSR count). The fourth-order valence-corrected chi connectivity index (χ4v) is 8.31. The van der Waals surface area contributed by atoms with Crippen LogP contribution in [0.2, 0.25) is 0 Å². The van der Waals surface area contributed by atoms with Crippen molar-refractivity contribution in [2.24, 2.45) is 29.1 Å². The van der Waals surface area contributed by atoms with E-state index in [4.69, 9.17) is 4.74 Å². The van der Waals surface area contributed by atoms with Crippen LogP contribution < -0.4 is 14.5 Å².